The van der Waals surface area contributed by atoms with Crippen molar-refractivity contribution in [3.8, 4) is 5.75 Å². The zero-order valence-electron chi connectivity index (χ0n) is 15.9. The molecular formula is C22H23N3O2S. The van der Waals surface area contributed by atoms with Gasteiger partial charge < -0.3 is 4.74 Å². The Bertz CT molecular complexity index is 938. The predicted molar refractivity (Wildman–Crippen MR) is 112 cm³/mol. The Morgan fingerprint density at radius 1 is 1.18 bits per heavy atom. The lowest BCUT2D eigenvalue weighted by Crippen LogP contribution is -2.29. The maximum Gasteiger partial charge on any atom is 0.257 e. The van der Waals surface area contributed by atoms with Crippen molar-refractivity contribution in [1.29, 1.82) is 0 Å². The van der Waals surface area contributed by atoms with Crippen LogP contribution in [-0.2, 0) is 19.5 Å². The summed E-state index contributed by atoms with van der Waals surface area (Å²) in [6.07, 6.45) is 0.914. The molecular weight excluding hydrogens is 370 g/mol. The first kappa shape index (κ1) is 18.7. The van der Waals surface area contributed by atoms with Crippen molar-refractivity contribution < 1.29 is 9.53 Å². The summed E-state index contributed by atoms with van der Waals surface area (Å²) in [7, 11) is 0. The van der Waals surface area contributed by atoms with E-state index < -0.39 is 0 Å². The summed E-state index contributed by atoms with van der Waals surface area (Å²) in [6.45, 7) is 5.34. The number of anilines is 1. The Morgan fingerprint density at radius 3 is 2.71 bits per heavy atom. The van der Waals surface area contributed by atoms with Crippen molar-refractivity contribution in [3.05, 3.63) is 76.3 Å². The van der Waals surface area contributed by atoms with Crippen LogP contribution in [0.2, 0.25) is 0 Å². The molecule has 1 amide bonds. The molecule has 28 heavy (non-hydrogen) atoms. The molecule has 144 valence electrons. The monoisotopic (exact) mass is 393 g/mol. The summed E-state index contributed by atoms with van der Waals surface area (Å²) >= 11 is 1.57. The van der Waals surface area contributed by atoms with Crippen molar-refractivity contribution in [3.63, 3.8) is 0 Å². The van der Waals surface area contributed by atoms with Crippen molar-refractivity contribution >= 4 is 22.4 Å². The fourth-order valence-electron chi connectivity index (χ4n) is 3.32. The van der Waals surface area contributed by atoms with Crippen LogP contribution in [0, 0.1) is 0 Å². The van der Waals surface area contributed by atoms with Gasteiger partial charge in [0.25, 0.3) is 5.91 Å². The Morgan fingerprint density at radius 2 is 1.96 bits per heavy atom. The minimum atomic E-state index is -0.143. The van der Waals surface area contributed by atoms with Gasteiger partial charge in [-0.2, -0.15) is 0 Å². The van der Waals surface area contributed by atoms with Gasteiger partial charge in [0.1, 0.15) is 5.75 Å². The fourth-order valence-corrected chi connectivity index (χ4v) is 4.36. The van der Waals surface area contributed by atoms with Gasteiger partial charge in [-0.05, 0) is 36.8 Å². The molecule has 1 N–H and O–H groups in total. The van der Waals surface area contributed by atoms with E-state index in [0.29, 0.717) is 17.3 Å². The third-order valence-electron chi connectivity index (χ3n) is 4.71. The quantitative estimate of drug-likeness (QED) is 0.676. The zero-order valence-corrected chi connectivity index (χ0v) is 16.7. The minimum absolute atomic E-state index is 0.143. The molecule has 0 atom stereocenters. The van der Waals surface area contributed by atoms with Crippen molar-refractivity contribution in [1.82, 2.24) is 9.88 Å². The van der Waals surface area contributed by atoms with Gasteiger partial charge in [-0.3, -0.25) is 15.0 Å². The lowest BCUT2D eigenvalue weighted by molar-refractivity contribution is 0.102. The summed E-state index contributed by atoms with van der Waals surface area (Å²) in [6, 6.07) is 17.7. The number of ether oxygens (including phenoxy) is 1. The van der Waals surface area contributed by atoms with E-state index in [9.17, 15) is 4.79 Å². The van der Waals surface area contributed by atoms with Crippen LogP contribution in [0.5, 0.6) is 5.75 Å². The van der Waals surface area contributed by atoms with Crippen molar-refractivity contribution in [2.45, 2.75) is 26.4 Å². The van der Waals surface area contributed by atoms with Crippen LogP contribution in [0.3, 0.4) is 0 Å². The molecule has 2 aromatic carbocycles. The van der Waals surface area contributed by atoms with E-state index in [2.05, 4.69) is 39.5 Å². The second kappa shape index (κ2) is 8.54. The van der Waals surface area contributed by atoms with Crippen LogP contribution in [0.4, 0.5) is 5.13 Å². The van der Waals surface area contributed by atoms with E-state index in [1.54, 1.807) is 23.5 Å². The summed E-state index contributed by atoms with van der Waals surface area (Å²) in [4.78, 5) is 20.8. The lowest BCUT2D eigenvalue weighted by Gasteiger charge is -2.25. The number of thiazole rings is 1. The minimum Gasteiger partial charge on any atom is -0.494 e. The first-order valence-corrected chi connectivity index (χ1v) is 10.3. The number of fused-ring (bicyclic) bond motifs is 1. The number of rotatable bonds is 6. The molecule has 2 heterocycles. The van der Waals surface area contributed by atoms with Gasteiger partial charge in [-0.25, -0.2) is 4.98 Å². The lowest BCUT2D eigenvalue weighted by atomic mass is 10.1. The SMILES string of the molecule is CCOc1ccc(C(=O)Nc2nc3c(s2)CN(Cc2ccccc2)CC3)cc1. The van der Waals surface area contributed by atoms with E-state index in [1.165, 1.54) is 10.4 Å². The van der Waals surface area contributed by atoms with Crippen LogP contribution in [0.25, 0.3) is 0 Å². The number of nitrogens with one attached hydrogen (secondary N) is 1. The summed E-state index contributed by atoms with van der Waals surface area (Å²) in [5.41, 5.74) is 3.03. The van der Waals surface area contributed by atoms with Crippen LogP contribution >= 0.6 is 11.3 Å². The molecule has 4 rings (SSSR count). The summed E-state index contributed by atoms with van der Waals surface area (Å²) in [5.74, 6) is 0.623. The van der Waals surface area contributed by atoms with Gasteiger partial charge in [0.2, 0.25) is 0 Å². The topological polar surface area (TPSA) is 54.5 Å². The number of carbonyl (C=O) groups excluding carboxylic acids is 1. The molecule has 1 aliphatic heterocycles. The van der Waals surface area contributed by atoms with Crippen LogP contribution in [0.15, 0.2) is 54.6 Å². The summed E-state index contributed by atoms with van der Waals surface area (Å²) in [5, 5.41) is 3.61. The molecule has 0 fully saturated rings. The molecule has 0 saturated carbocycles. The molecule has 3 aromatic rings. The second-order valence-electron chi connectivity index (χ2n) is 6.75. The van der Waals surface area contributed by atoms with Crippen molar-refractivity contribution in [2.75, 3.05) is 18.5 Å². The zero-order chi connectivity index (χ0) is 19.3. The Balaban J connectivity index is 1.39. The number of hydrogen-bond acceptors (Lipinski definition) is 5. The number of benzene rings is 2. The maximum absolute atomic E-state index is 12.5. The van der Waals surface area contributed by atoms with Gasteiger partial charge in [-0.1, -0.05) is 30.3 Å². The number of hydrogen-bond donors (Lipinski definition) is 1. The number of amides is 1. The third kappa shape index (κ3) is 4.40. The number of aromatic nitrogens is 1. The third-order valence-corrected chi connectivity index (χ3v) is 5.71. The molecule has 0 unspecified atom stereocenters. The summed E-state index contributed by atoms with van der Waals surface area (Å²) < 4.78 is 5.42. The van der Waals surface area contributed by atoms with E-state index in [-0.39, 0.29) is 5.91 Å². The first-order chi connectivity index (χ1) is 13.7. The highest BCUT2D eigenvalue weighted by molar-refractivity contribution is 7.15. The first-order valence-electron chi connectivity index (χ1n) is 9.50. The highest BCUT2D eigenvalue weighted by Crippen LogP contribution is 2.29. The van der Waals surface area contributed by atoms with Crippen LogP contribution in [-0.4, -0.2) is 28.9 Å². The second-order valence-corrected chi connectivity index (χ2v) is 7.83. The van der Waals surface area contributed by atoms with Crippen LogP contribution < -0.4 is 10.1 Å². The van der Waals surface area contributed by atoms with Gasteiger partial charge in [0.05, 0.1) is 12.3 Å². The highest BCUT2D eigenvalue weighted by atomic mass is 32.1. The molecule has 0 aliphatic carbocycles. The fraction of sp³-hybridized carbons (Fsp3) is 0.273. The van der Waals surface area contributed by atoms with E-state index in [0.717, 1.165) is 37.5 Å². The maximum atomic E-state index is 12.5. The van der Waals surface area contributed by atoms with E-state index >= 15 is 0 Å². The Labute approximate surface area is 169 Å². The standard InChI is InChI=1S/C22H23N3O2S/c1-2-27-18-10-8-17(9-11-18)21(26)24-22-23-19-12-13-25(15-20(19)28-22)14-16-6-4-3-5-7-16/h3-11H,2,12-15H2,1H3,(H,23,24,26). The molecule has 0 saturated heterocycles. The Kier molecular flexibility index (Phi) is 5.69. The number of carbonyl (C=O) groups is 1. The highest BCUT2D eigenvalue weighted by Gasteiger charge is 2.21. The largest absolute Gasteiger partial charge is 0.494 e. The molecule has 1 aliphatic rings. The smallest absolute Gasteiger partial charge is 0.257 e. The normalized spacial score (nSPS) is 13.8. The number of nitrogens with zero attached hydrogens (tertiary/aromatic N) is 2. The van der Waals surface area contributed by atoms with Gasteiger partial charge in [0.15, 0.2) is 5.13 Å². The van der Waals surface area contributed by atoms with E-state index in [4.69, 9.17) is 4.74 Å². The molecule has 5 nitrogen and oxygen atoms in total. The molecule has 0 radical (unpaired) electrons. The molecule has 0 bridgehead atoms. The van der Waals surface area contributed by atoms with Gasteiger partial charge >= 0.3 is 0 Å². The molecule has 1 aromatic heterocycles. The van der Waals surface area contributed by atoms with Crippen LogP contribution in [0.1, 0.15) is 33.4 Å². The van der Waals surface area contributed by atoms with Gasteiger partial charge in [0, 0.05) is 36.5 Å². The molecule has 6 heteroatoms. The Hall–Kier alpha value is -2.70. The van der Waals surface area contributed by atoms with Crippen molar-refractivity contribution in [2.24, 2.45) is 0 Å². The predicted octanol–water partition coefficient (Wildman–Crippen LogP) is 4.35. The average molecular weight is 394 g/mol. The molecule has 0 spiro atoms. The van der Waals surface area contributed by atoms with E-state index in [1.807, 2.05) is 25.1 Å². The average Bonchev–Trinajstić information content (AvgIpc) is 3.11. The van der Waals surface area contributed by atoms with Gasteiger partial charge in [-0.15, -0.1) is 11.3 Å².